The molecule has 1 N–H and O–H groups in total. The van der Waals surface area contributed by atoms with E-state index < -0.39 is 34.8 Å². The number of piperazine rings is 2. The van der Waals surface area contributed by atoms with Crippen molar-refractivity contribution >= 4 is 28.5 Å². The average molecular weight is 846 g/mol. The van der Waals surface area contributed by atoms with Crippen LogP contribution in [0, 0.1) is 35.2 Å². The van der Waals surface area contributed by atoms with Gasteiger partial charge >= 0.3 is 0 Å². The maximum atomic E-state index is 15.4. The molecule has 4 fully saturated rings. The van der Waals surface area contributed by atoms with E-state index >= 15 is 13.2 Å². The lowest BCUT2D eigenvalue weighted by Gasteiger charge is -2.49. The molecule has 62 heavy (non-hydrogen) atoms. The molecule has 2 unspecified atom stereocenters. The standard InChI is InChI=1S/C48H50F3N7O4/c49-40-14-13-31(24-43-36-11-4-5-12-37(36)46(60)53-52-43)23-38(40)47(61)57-21-19-56(20-22-57)44(59)30-55-17-15-54(16-18-55)29-39-33-9-6-10-34(39)28-58(27-33)48(62)45-41(50)25-35(26-42(45)51)32-7-2-1-3-8-32/h1-5,7-8,11-14,23,25-26,33-34,39H,6,9-10,15-22,24,27-30H2,(H,53,60)/t33-,34?,39?/m0/s1. The van der Waals surface area contributed by atoms with Crippen LogP contribution in [0.15, 0.2) is 89.7 Å². The Morgan fingerprint density at radius 1 is 0.645 bits per heavy atom. The quantitative estimate of drug-likeness (QED) is 0.203. The normalized spacial score (nSPS) is 21.0. The summed E-state index contributed by atoms with van der Waals surface area (Å²) in [5.74, 6) is -2.38. The number of benzene rings is 4. The summed E-state index contributed by atoms with van der Waals surface area (Å²) in [7, 11) is 0. The van der Waals surface area contributed by atoms with Crippen molar-refractivity contribution in [3.8, 4) is 11.1 Å². The lowest BCUT2D eigenvalue weighted by molar-refractivity contribution is -0.134. The minimum atomic E-state index is -0.835. The molecule has 0 spiro atoms. The summed E-state index contributed by atoms with van der Waals surface area (Å²) in [6, 6.07) is 23.1. The van der Waals surface area contributed by atoms with Gasteiger partial charge in [0.2, 0.25) is 5.91 Å². The van der Waals surface area contributed by atoms with Gasteiger partial charge in [-0.1, -0.05) is 61.0 Å². The second-order valence-corrected chi connectivity index (χ2v) is 17.3. The molecule has 2 bridgehead atoms. The molecule has 0 radical (unpaired) electrons. The number of nitrogens with zero attached hydrogens (tertiary/aromatic N) is 6. The Balaban J connectivity index is 0.739. The summed E-state index contributed by atoms with van der Waals surface area (Å²) in [6.45, 7) is 6.60. The Morgan fingerprint density at radius 3 is 1.97 bits per heavy atom. The van der Waals surface area contributed by atoms with Crippen LogP contribution in [-0.4, -0.2) is 131 Å². The summed E-state index contributed by atoms with van der Waals surface area (Å²) in [5.41, 5.74) is 1.58. The van der Waals surface area contributed by atoms with Crippen LogP contribution in [0.2, 0.25) is 0 Å². The maximum Gasteiger partial charge on any atom is 0.272 e. The van der Waals surface area contributed by atoms with E-state index in [9.17, 15) is 19.2 Å². The van der Waals surface area contributed by atoms with Gasteiger partial charge in [0.25, 0.3) is 17.4 Å². The fraction of sp³-hybridized carbons (Fsp3) is 0.396. The molecule has 9 rings (SSSR count). The van der Waals surface area contributed by atoms with Gasteiger partial charge in [0.15, 0.2) is 0 Å². The van der Waals surface area contributed by atoms with E-state index in [0.717, 1.165) is 52.0 Å². The van der Waals surface area contributed by atoms with Gasteiger partial charge in [0.1, 0.15) is 23.0 Å². The predicted octanol–water partition coefficient (Wildman–Crippen LogP) is 5.69. The van der Waals surface area contributed by atoms with E-state index in [0.29, 0.717) is 84.8 Å². The monoisotopic (exact) mass is 845 g/mol. The first-order valence-electron chi connectivity index (χ1n) is 21.7. The highest BCUT2D eigenvalue weighted by molar-refractivity contribution is 5.96. The number of fused-ring (bicyclic) bond motifs is 3. The Hall–Kier alpha value is -5.86. The zero-order chi connectivity index (χ0) is 42.9. The highest BCUT2D eigenvalue weighted by Gasteiger charge is 2.43. The fourth-order valence-corrected chi connectivity index (χ4v) is 10.1. The van der Waals surface area contributed by atoms with E-state index in [4.69, 9.17) is 0 Å². The first-order chi connectivity index (χ1) is 30.1. The van der Waals surface area contributed by atoms with Crippen LogP contribution in [0.4, 0.5) is 13.2 Å². The fourth-order valence-electron chi connectivity index (χ4n) is 10.1. The summed E-state index contributed by atoms with van der Waals surface area (Å²) < 4.78 is 45.8. The Morgan fingerprint density at radius 2 is 1.27 bits per heavy atom. The molecular weight excluding hydrogens is 796 g/mol. The van der Waals surface area contributed by atoms with Crippen molar-refractivity contribution in [1.29, 1.82) is 0 Å². The molecule has 4 heterocycles. The van der Waals surface area contributed by atoms with Gasteiger partial charge in [-0.2, -0.15) is 5.10 Å². The molecule has 4 aliphatic rings. The zero-order valence-corrected chi connectivity index (χ0v) is 34.6. The van der Waals surface area contributed by atoms with Crippen molar-refractivity contribution in [1.82, 2.24) is 34.7 Å². The second-order valence-electron chi connectivity index (χ2n) is 17.3. The number of piperidine rings is 1. The van der Waals surface area contributed by atoms with Crippen LogP contribution < -0.4 is 5.56 Å². The van der Waals surface area contributed by atoms with E-state index in [1.807, 2.05) is 18.2 Å². The molecule has 14 heteroatoms. The number of halogens is 3. The number of nitrogens with one attached hydrogen (secondary N) is 1. The molecule has 3 atom stereocenters. The Labute approximate surface area is 358 Å². The molecular formula is C48H50F3N7O4. The lowest BCUT2D eigenvalue weighted by Crippen LogP contribution is -2.57. The van der Waals surface area contributed by atoms with Crippen molar-refractivity contribution in [2.75, 3.05) is 78.5 Å². The second kappa shape index (κ2) is 17.9. The van der Waals surface area contributed by atoms with Gasteiger partial charge < -0.3 is 19.6 Å². The zero-order valence-electron chi connectivity index (χ0n) is 34.6. The number of aromatic nitrogens is 2. The number of hydrogen-bond donors (Lipinski definition) is 1. The van der Waals surface area contributed by atoms with Crippen molar-refractivity contribution in [2.24, 2.45) is 17.8 Å². The molecule has 1 aromatic heterocycles. The SMILES string of the molecule is O=C(CN1CCN(CC2C3CCC[C@H]2CN(C(=O)c2c(F)cc(-c4ccccc4)cc2F)C3)CC1)N1CCN(C(=O)c2cc(Cc3n[nH]c(=O)c4ccccc34)ccc2F)CC1. The van der Waals surface area contributed by atoms with Crippen molar-refractivity contribution < 1.29 is 27.6 Å². The third-order valence-electron chi connectivity index (χ3n) is 13.5. The van der Waals surface area contributed by atoms with Crippen LogP contribution in [-0.2, 0) is 11.2 Å². The molecule has 3 amide bonds. The molecule has 3 aliphatic heterocycles. The van der Waals surface area contributed by atoms with Crippen LogP contribution in [0.25, 0.3) is 21.9 Å². The molecule has 322 valence electrons. The van der Waals surface area contributed by atoms with Crippen molar-refractivity contribution in [2.45, 2.75) is 25.7 Å². The van der Waals surface area contributed by atoms with Gasteiger partial charge in [0, 0.05) is 83.8 Å². The van der Waals surface area contributed by atoms with Crippen LogP contribution in [0.5, 0.6) is 0 Å². The van der Waals surface area contributed by atoms with E-state index in [1.54, 1.807) is 63.2 Å². The van der Waals surface area contributed by atoms with Crippen LogP contribution in [0.1, 0.15) is 51.2 Å². The largest absolute Gasteiger partial charge is 0.338 e. The molecule has 11 nitrogen and oxygen atoms in total. The third kappa shape index (κ3) is 8.62. The van der Waals surface area contributed by atoms with Gasteiger partial charge in [-0.25, -0.2) is 18.3 Å². The maximum absolute atomic E-state index is 15.4. The van der Waals surface area contributed by atoms with Gasteiger partial charge in [0.05, 0.1) is 23.2 Å². The number of hydrogen-bond acceptors (Lipinski definition) is 7. The summed E-state index contributed by atoms with van der Waals surface area (Å²) in [5, 5.41) is 7.95. The molecule has 1 aliphatic carbocycles. The number of aromatic amines is 1. The predicted molar refractivity (Wildman–Crippen MR) is 229 cm³/mol. The lowest BCUT2D eigenvalue weighted by atomic mass is 9.68. The summed E-state index contributed by atoms with van der Waals surface area (Å²) in [6.07, 6.45) is 3.34. The Kier molecular flexibility index (Phi) is 11.9. The summed E-state index contributed by atoms with van der Waals surface area (Å²) in [4.78, 5) is 62.5. The van der Waals surface area contributed by atoms with Crippen molar-refractivity contribution in [3.05, 3.63) is 135 Å². The highest BCUT2D eigenvalue weighted by atomic mass is 19.1. The average Bonchev–Trinajstić information content (AvgIpc) is 3.28. The van der Waals surface area contributed by atoms with Crippen LogP contribution >= 0.6 is 0 Å². The van der Waals surface area contributed by atoms with Gasteiger partial charge in [-0.3, -0.25) is 24.1 Å². The first kappa shape index (κ1) is 41.5. The Bertz CT molecular complexity index is 2500. The number of rotatable bonds is 9. The minimum Gasteiger partial charge on any atom is -0.338 e. The molecule has 4 aromatic carbocycles. The number of H-pyrrole nitrogens is 1. The van der Waals surface area contributed by atoms with Gasteiger partial charge in [-0.05, 0) is 77.6 Å². The summed E-state index contributed by atoms with van der Waals surface area (Å²) >= 11 is 0. The highest BCUT2D eigenvalue weighted by Crippen LogP contribution is 2.41. The van der Waals surface area contributed by atoms with Crippen LogP contribution in [0.3, 0.4) is 0 Å². The smallest absolute Gasteiger partial charge is 0.272 e. The number of likely N-dealkylation sites (tertiary alicyclic amines) is 1. The van der Waals surface area contributed by atoms with E-state index in [2.05, 4.69) is 20.0 Å². The topological polar surface area (TPSA) is 113 Å². The molecule has 5 aromatic rings. The van der Waals surface area contributed by atoms with E-state index in [1.165, 1.54) is 18.2 Å². The number of amides is 3. The number of carbonyl (C=O) groups excluding carboxylic acids is 3. The molecule has 3 saturated heterocycles. The third-order valence-corrected chi connectivity index (χ3v) is 13.5. The number of carbonyl (C=O) groups is 3. The first-order valence-corrected chi connectivity index (χ1v) is 21.7. The van der Waals surface area contributed by atoms with Crippen molar-refractivity contribution in [3.63, 3.8) is 0 Å². The van der Waals surface area contributed by atoms with Gasteiger partial charge in [-0.15, -0.1) is 0 Å². The minimum absolute atomic E-state index is 0.00788. The molecule has 1 saturated carbocycles. The van der Waals surface area contributed by atoms with E-state index in [-0.39, 0.29) is 35.4 Å².